The van der Waals surface area contributed by atoms with E-state index in [1.165, 1.54) is 37.9 Å². The molecule has 0 nitrogen and oxygen atoms in total. The molecule has 0 atom stereocenters. The van der Waals surface area contributed by atoms with E-state index in [1.807, 2.05) is 0 Å². The summed E-state index contributed by atoms with van der Waals surface area (Å²) in [5, 5.41) is 8.09. The van der Waals surface area contributed by atoms with Crippen molar-refractivity contribution in [3.8, 4) is 0 Å². The molecule has 0 saturated heterocycles. The molecule has 0 fully saturated rings. The highest BCUT2D eigenvalue weighted by Crippen LogP contribution is 2.32. The lowest BCUT2D eigenvalue weighted by molar-refractivity contribution is 1.16. The summed E-state index contributed by atoms with van der Waals surface area (Å²) in [5.41, 5.74) is 1.43. The average Bonchev–Trinajstić information content (AvgIpc) is 2.52. The molecule has 4 rings (SSSR count). The van der Waals surface area contributed by atoms with E-state index in [1.54, 1.807) is 0 Å². The van der Waals surface area contributed by atoms with Gasteiger partial charge in [-0.2, -0.15) is 0 Å². The van der Waals surface area contributed by atoms with Gasteiger partial charge in [0.05, 0.1) is 0 Å². The number of benzene rings is 4. The summed E-state index contributed by atoms with van der Waals surface area (Å²) in [6.07, 6.45) is 1.07. The quantitative estimate of drug-likeness (QED) is 0.302. The van der Waals surface area contributed by atoms with Crippen LogP contribution in [0.25, 0.3) is 32.3 Å². The topological polar surface area (TPSA) is 0 Å². The largest absolute Gasteiger partial charge is 0.0616 e. The minimum atomic E-state index is 1.07. The van der Waals surface area contributed by atoms with Gasteiger partial charge in [-0.1, -0.05) is 61.5 Å². The van der Waals surface area contributed by atoms with Gasteiger partial charge in [-0.25, -0.2) is 0 Å². The second-order valence-corrected chi connectivity index (χ2v) is 5.36. The molecule has 0 unspecified atom stereocenters. The van der Waals surface area contributed by atoms with Crippen molar-refractivity contribution in [2.24, 2.45) is 0 Å². The van der Waals surface area contributed by atoms with Crippen molar-refractivity contribution in [1.29, 1.82) is 0 Å². The van der Waals surface area contributed by atoms with Crippen LogP contribution in [0.15, 0.2) is 66.7 Å². The van der Waals surface area contributed by atoms with Gasteiger partial charge in [0.15, 0.2) is 0 Å². The molecule has 20 heavy (non-hydrogen) atoms. The zero-order valence-corrected chi connectivity index (χ0v) is 11.6. The lowest BCUT2D eigenvalue weighted by Crippen LogP contribution is -1.86. The van der Waals surface area contributed by atoms with E-state index in [2.05, 4.69) is 73.7 Å². The van der Waals surface area contributed by atoms with Crippen LogP contribution in [0.5, 0.6) is 0 Å². The van der Waals surface area contributed by atoms with Crippen LogP contribution in [0, 0.1) is 0 Å². The molecule has 0 aliphatic rings. The first kappa shape index (κ1) is 11.5. The van der Waals surface area contributed by atoms with Gasteiger partial charge in [0.1, 0.15) is 0 Å². The summed E-state index contributed by atoms with van der Waals surface area (Å²) in [7, 11) is 0. The van der Waals surface area contributed by atoms with Crippen LogP contribution >= 0.6 is 0 Å². The highest BCUT2D eigenvalue weighted by atomic mass is 14.1. The molecule has 0 aliphatic carbocycles. The highest BCUT2D eigenvalue weighted by molar-refractivity contribution is 6.13. The fraction of sp³-hybridized carbons (Fsp3) is 0.100. The van der Waals surface area contributed by atoms with Crippen molar-refractivity contribution in [3.63, 3.8) is 0 Å². The minimum absolute atomic E-state index is 1.07. The van der Waals surface area contributed by atoms with E-state index < -0.39 is 0 Å². The molecule has 0 spiro atoms. The number of aryl methyl sites for hydroxylation is 1. The predicted molar refractivity (Wildman–Crippen MR) is 88.3 cm³/mol. The third kappa shape index (κ3) is 1.61. The normalized spacial score (nSPS) is 11.4. The third-order valence-corrected chi connectivity index (χ3v) is 4.19. The van der Waals surface area contributed by atoms with Crippen LogP contribution < -0.4 is 0 Å². The van der Waals surface area contributed by atoms with Gasteiger partial charge < -0.3 is 0 Å². The molecule has 0 N–H and O–H groups in total. The van der Waals surface area contributed by atoms with Crippen molar-refractivity contribution in [2.45, 2.75) is 13.3 Å². The highest BCUT2D eigenvalue weighted by Gasteiger charge is 2.06. The molecule has 4 aromatic carbocycles. The molecule has 0 radical (unpaired) electrons. The van der Waals surface area contributed by atoms with Crippen LogP contribution in [-0.4, -0.2) is 0 Å². The molecule has 0 heteroatoms. The van der Waals surface area contributed by atoms with Gasteiger partial charge in [-0.15, -0.1) is 0 Å². The second-order valence-electron chi connectivity index (χ2n) is 5.36. The molecule has 0 amide bonds. The maximum atomic E-state index is 2.35. The Morgan fingerprint density at radius 3 is 2.00 bits per heavy atom. The number of hydrogen-bond acceptors (Lipinski definition) is 0. The smallest absolute Gasteiger partial charge is 0.00988 e. The van der Waals surface area contributed by atoms with Crippen molar-refractivity contribution in [3.05, 3.63) is 72.3 Å². The molecule has 4 aromatic rings. The van der Waals surface area contributed by atoms with E-state index >= 15 is 0 Å². The Bertz CT molecular complexity index is 932. The summed E-state index contributed by atoms with van der Waals surface area (Å²) in [4.78, 5) is 0. The van der Waals surface area contributed by atoms with Crippen LogP contribution in [0.2, 0.25) is 0 Å². The SMILES string of the molecule is CCc1cc2cc3ccccc3cc2c2ccccc12. The number of rotatable bonds is 1. The maximum Gasteiger partial charge on any atom is -0.00988 e. The predicted octanol–water partition coefficient (Wildman–Crippen LogP) is 5.71. The summed E-state index contributed by atoms with van der Waals surface area (Å²) in [6.45, 7) is 2.23. The Hall–Kier alpha value is -2.34. The van der Waals surface area contributed by atoms with Gasteiger partial charge in [0, 0.05) is 0 Å². The van der Waals surface area contributed by atoms with Gasteiger partial charge in [-0.3, -0.25) is 0 Å². The Morgan fingerprint density at radius 2 is 1.25 bits per heavy atom. The summed E-state index contributed by atoms with van der Waals surface area (Å²) in [6, 6.07) is 24.3. The lowest BCUT2D eigenvalue weighted by atomic mass is 9.94. The first-order valence-corrected chi connectivity index (χ1v) is 7.20. The van der Waals surface area contributed by atoms with Crippen LogP contribution in [0.3, 0.4) is 0 Å². The molecule has 0 bridgehead atoms. The van der Waals surface area contributed by atoms with Crippen LogP contribution in [0.1, 0.15) is 12.5 Å². The summed E-state index contributed by atoms with van der Waals surface area (Å²) in [5.74, 6) is 0. The minimum Gasteiger partial charge on any atom is -0.0616 e. The van der Waals surface area contributed by atoms with Gasteiger partial charge in [0.2, 0.25) is 0 Å². The van der Waals surface area contributed by atoms with E-state index in [0.717, 1.165) is 6.42 Å². The van der Waals surface area contributed by atoms with Crippen LogP contribution in [-0.2, 0) is 6.42 Å². The van der Waals surface area contributed by atoms with E-state index in [-0.39, 0.29) is 0 Å². The monoisotopic (exact) mass is 256 g/mol. The van der Waals surface area contributed by atoms with Gasteiger partial charge in [-0.05, 0) is 56.4 Å². The van der Waals surface area contributed by atoms with Crippen molar-refractivity contribution >= 4 is 32.3 Å². The Labute approximate surface area is 118 Å². The molecule has 0 aromatic heterocycles. The zero-order chi connectivity index (χ0) is 13.5. The summed E-state index contributed by atoms with van der Waals surface area (Å²) >= 11 is 0. The number of fused-ring (bicyclic) bond motifs is 4. The second kappa shape index (κ2) is 4.35. The Balaban J connectivity index is 2.25. The Morgan fingerprint density at radius 1 is 0.600 bits per heavy atom. The molecule has 96 valence electrons. The molecule has 0 aliphatic heterocycles. The van der Waals surface area contributed by atoms with Crippen molar-refractivity contribution in [2.75, 3.05) is 0 Å². The van der Waals surface area contributed by atoms with E-state index in [0.29, 0.717) is 0 Å². The number of hydrogen-bond donors (Lipinski definition) is 0. The van der Waals surface area contributed by atoms with Crippen molar-refractivity contribution in [1.82, 2.24) is 0 Å². The molecular weight excluding hydrogens is 240 g/mol. The fourth-order valence-electron chi connectivity index (χ4n) is 3.17. The molecule has 0 saturated carbocycles. The fourth-order valence-corrected chi connectivity index (χ4v) is 3.17. The van der Waals surface area contributed by atoms with E-state index in [4.69, 9.17) is 0 Å². The van der Waals surface area contributed by atoms with Crippen LogP contribution in [0.4, 0.5) is 0 Å². The first-order chi connectivity index (χ1) is 9.86. The lowest BCUT2D eigenvalue weighted by Gasteiger charge is -2.10. The van der Waals surface area contributed by atoms with E-state index in [9.17, 15) is 0 Å². The molecule has 0 heterocycles. The first-order valence-electron chi connectivity index (χ1n) is 7.20. The maximum absolute atomic E-state index is 2.35. The molecular formula is C20H16. The van der Waals surface area contributed by atoms with Gasteiger partial charge >= 0.3 is 0 Å². The average molecular weight is 256 g/mol. The van der Waals surface area contributed by atoms with Gasteiger partial charge in [0.25, 0.3) is 0 Å². The third-order valence-electron chi connectivity index (χ3n) is 4.19. The standard InChI is InChI=1S/C20H16/c1-2-14-11-17-12-15-7-3-4-8-16(15)13-20(17)19-10-6-5-9-18(14)19/h3-13H,2H2,1H3. The zero-order valence-electron chi connectivity index (χ0n) is 11.6. The summed E-state index contributed by atoms with van der Waals surface area (Å²) < 4.78 is 0. The van der Waals surface area contributed by atoms with Crippen molar-refractivity contribution < 1.29 is 0 Å². The Kier molecular flexibility index (Phi) is 2.50.